The van der Waals surface area contributed by atoms with Gasteiger partial charge in [-0.3, -0.25) is 0 Å². The Balaban J connectivity index is 2.18. The zero-order chi connectivity index (χ0) is 13.5. The number of anilines is 2. The second-order valence-corrected chi connectivity index (χ2v) is 5.47. The van der Waals surface area contributed by atoms with Crippen LogP contribution >= 0.6 is 0 Å². The van der Waals surface area contributed by atoms with Crippen LogP contribution in [-0.4, -0.2) is 26.2 Å². The van der Waals surface area contributed by atoms with Crippen molar-refractivity contribution in [3.63, 3.8) is 0 Å². The SMILES string of the molecule is CCCCN(CC)c1ccccc1N1CCCCC1. The number of unbranched alkanes of at least 4 members (excludes halogenated alkanes) is 1. The van der Waals surface area contributed by atoms with Gasteiger partial charge in [0.1, 0.15) is 0 Å². The highest BCUT2D eigenvalue weighted by Crippen LogP contribution is 2.31. The van der Waals surface area contributed by atoms with Crippen LogP contribution in [0.4, 0.5) is 11.4 Å². The summed E-state index contributed by atoms with van der Waals surface area (Å²) in [5, 5.41) is 0. The fraction of sp³-hybridized carbons (Fsp3) is 0.647. The lowest BCUT2D eigenvalue weighted by molar-refractivity contribution is 0.577. The smallest absolute Gasteiger partial charge is 0.0604 e. The third kappa shape index (κ3) is 3.65. The molecule has 19 heavy (non-hydrogen) atoms. The lowest BCUT2D eigenvalue weighted by Gasteiger charge is -2.34. The van der Waals surface area contributed by atoms with E-state index in [0.717, 1.165) is 6.54 Å². The van der Waals surface area contributed by atoms with E-state index in [0.29, 0.717) is 0 Å². The number of para-hydroxylation sites is 2. The molecule has 1 heterocycles. The average molecular weight is 260 g/mol. The third-order valence-corrected chi connectivity index (χ3v) is 4.08. The van der Waals surface area contributed by atoms with Gasteiger partial charge in [0, 0.05) is 26.2 Å². The zero-order valence-electron chi connectivity index (χ0n) is 12.6. The second-order valence-electron chi connectivity index (χ2n) is 5.47. The Labute approximate surface area is 118 Å². The minimum Gasteiger partial charge on any atom is -0.370 e. The van der Waals surface area contributed by atoms with E-state index >= 15 is 0 Å². The topological polar surface area (TPSA) is 6.48 Å². The molecular formula is C17H28N2. The van der Waals surface area contributed by atoms with Crippen molar-refractivity contribution < 1.29 is 0 Å². The lowest BCUT2D eigenvalue weighted by Crippen LogP contribution is -2.32. The maximum absolute atomic E-state index is 2.58. The first-order valence-corrected chi connectivity index (χ1v) is 7.95. The van der Waals surface area contributed by atoms with Gasteiger partial charge in [-0.2, -0.15) is 0 Å². The Kier molecular flexibility index (Phi) is 5.56. The summed E-state index contributed by atoms with van der Waals surface area (Å²) in [6.45, 7) is 9.26. The van der Waals surface area contributed by atoms with Gasteiger partial charge in [-0.25, -0.2) is 0 Å². The molecule has 0 atom stereocenters. The van der Waals surface area contributed by atoms with Crippen molar-refractivity contribution in [1.29, 1.82) is 0 Å². The van der Waals surface area contributed by atoms with Gasteiger partial charge >= 0.3 is 0 Å². The summed E-state index contributed by atoms with van der Waals surface area (Å²) < 4.78 is 0. The highest BCUT2D eigenvalue weighted by molar-refractivity contribution is 5.71. The Hall–Kier alpha value is -1.18. The van der Waals surface area contributed by atoms with Crippen LogP contribution in [0.25, 0.3) is 0 Å². The van der Waals surface area contributed by atoms with Crippen molar-refractivity contribution in [3.05, 3.63) is 24.3 Å². The van der Waals surface area contributed by atoms with E-state index in [4.69, 9.17) is 0 Å². The van der Waals surface area contributed by atoms with Gasteiger partial charge in [0.25, 0.3) is 0 Å². The molecular weight excluding hydrogens is 232 g/mol. The summed E-state index contributed by atoms with van der Waals surface area (Å²) in [5.41, 5.74) is 2.88. The van der Waals surface area contributed by atoms with E-state index in [1.54, 1.807) is 0 Å². The minimum absolute atomic E-state index is 1.10. The highest BCUT2D eigenvalue weighted by Gasteiger charge is 2.16. The summed E-state index contributed by atoms with van der Waals surface area (Å²) in [4.78, 5) is 5.11. The van der Waals surface area contributed by atoms with E-state index in [1.807, 2.05) is 0 Å². The van der Waals surface area contributed by atoms with Crippen LogP contribution in [0.1, 0.15) is 46.0 Å². The Morgan fingerprint density at radius 2 is 1.79 bits per heavy atom. The van der Waals surface area contributed by atoms with Crippen molar-refractivity contribution >= 4 is 11.4 Å². The predicted octanol–water partition coefficient (Wildman–Crippen LogP) is 4.30. The monoisotopic (exact) mass is 260 g/mol. The molecule has 1 fully saturated rings. The van der Waals surface area contributed by atoms with Crippen LogP contribution in [0.15, 0.2) is 24.3 Å². The molecule has 2 heteroatoms. The van der Waals surface area contributed by atoms with Crippen LogP contribution < -0.4 is 9.80 Å². The van der Waals surface area contributed by atoms with Crippen LogP contribution in [0.5, 0.6) is 0 Å². The lowest BCUT2D eigenvalue weighted by atomic mass is 10.1. The molecule has 0 unspecified atom stereocenters. The number of benzene rings is 1. The van der Waals surface area contributed by atoms with Gasteiger partial charge in [0.05, 0.1) is 11.4 Å². The molecule has 0 aliphatic carbocycles. The van der Waals surface area contributed by atoms with Crippen molar-refractivity contribution in [1.82, 2.24) is 0 Å². The summed E-state index contributed by atoms with van der Waals surface area (Å²) in [5.74, 6) is 0. The number of hydrogen-bond acceptors (Lipinski definition) is 2. The first-order chi connectivity index (χ1) is 9.36. The first kappa shape index (κ1) is 14.2. The maximum atomic E-state index is 2.58. The zero-order valence-corrected chi connectivity index (χ0v) is 12.6. The van der Waals surface area contributed by atoms with Crippen LogP contribution in [0, 0.1) is 0 Å². The summed E-state index contributed by atoms with van der Waals surface area (Å²) in [7, 11) is 0. The van der Waals surface area contributed by atoms with Gasteiger partial charge < -0.3 is 9.80 Å². The largest absolute Gasteiger partial charge is 0.370 e. The van der Waals surface area contributed by atoms with Crippen LogP contribution in [-0.2, 0) is 0 Å². The third-order valence-electron chi connectivity index (χ3n) is 4.08. The number of nitrogens with zero attached hydrogens (tertiary/aromatic N) is 2. The van der Waals surface area contributed by atoms with Crippen LogP contribution in [0.3, 0.4) is 0 Å². The predicted molar refractivity (Wildman–Crippen MR) is 85.3 cm³/mol. The molecule has 0 aromatic heterocycles. The fourth-order valence-corrected chi connectivity index (χ4v) is 2.93. The fourth-order valence-electron chi connectivity index (χ4n) is 2.93. The molecule has 1 aromatic carbocycles. The number of piperidine rings is 1. The Morgan fingerprint density at radius 1 is 1.05 bits per heavy atom. The molecule has 0 saturated carbocycles. The van der Waals surface area contributed by atoms with Crippen molar-refractivity contribution in [2.75, 3.05) is 36.0 Å². The quantitative estimate of drug-likeness (QED) is 0.752. The molecule has 0 radical (unpaired) electrons. The molecule has 0 bridgehead atoms. The molecule has 2 nitrogen and oxygen atoms in total. The second kappa shape index (κ2) is 7.42. The summed E-state index contributed by atoms with van der Waals surface area (Å²) in [6.07, 6.45) is 6.63. The average Bonchev–Trinajstić information content (AvgIpc) is 2.49. The number of hydrogen-bond donors (Lipinski definition) is 0. The normalized spacial score (nSPS) is 15.6. The van der Waals surface area contributed by atoms with Gasteiger partial charge in [0.2, 0.25) is 0 Å². The molecule has 2 rings (SSSR count). The number of rotatable bonds is 6. The first-order valence-electron chi connectivity index (χ1n) is 7.95. The molecule has 0 N–H and O–H groups in total. The molecule has 1 saturated heterocycles. The molecule has 0 spiro atoms. The van der Waals surface area contributed by atoms with Gasteiger partial charge in [-0.05, 0) is 44.7 Å². The van der Waals surface area contributed by atoms with Gasteiger partial charge in [-0.1, -0.05) is 25.5 Å². The highest BCUT2D eigenvalue weighted by atomic mass is 15.2. The Morgan fingerprint density at radius 3 is 2.47 bits per heavy atom. The van der Waals surface area contributed by atoms with Gasteiger partial charge in [0.15, 0.2) is 0 Å². The van der Waals surface area contributed by atoms with E-state index in [2.05, 4.69) is 47.9 Å². The van der Waals surface area contributed by atoms with E-state index in [9.17, 15) is 0 Å². The van der Waals surface area contributed by atoms with Crippen LogP contribution in [0.2, 0.25) is 0 Å². The van der Waals surface area contributed by atoms with Crippen molar-refractivity contribution in [2.45, 2.75) is 46.0 Å². The standard InChI is InChI=1S/C17H28N2/c1-3-5-13-18(4-2)16-11-7-8-12-17(16)19-14-9-6-10-15-19/h7-8,11-12H,3-6,9-10,13-15H2,1-2H3. The summed E-state index contributed by atoms with van der Waals surface area (Å²) in [6, 6.07) is 8.96. The molecule has 106 valence electrons. The minimum atomic E-state index is 1.10. The molecule has 1 aliphatic rings. The molecule has 1 aliphatic heterocycles. The van der Waals surface area contributed by atoms with Gasteiger partial charge in [-0.15, -0.1) is 0 Å². The molecule has 1 aromatic rings. The van der Waals surface area contributed by atoms with Crippen molar-refractivity contribution in [3.8, 4) is 0 Å². The van der Waals surface area contributed by atoms with Crippen molar-refractivity contribution in [2.24, 2.45) is 0 Å². The van der Waals surface area contributed by atoms with E-state index < -0.39 is 0 Å². The molecule has 0 amide bonds. The van der Waals surface area contributed by atoms with E-state index in [1.165, 1.54) is 63.1 Å². The maximum Gasteiger partial charge on any atom is 0.0604 e. The van der Waals surface area contributed by atoms with E-state index in [-0.39, 0.29) is 0 Å². The summed E-state index contributed by atoms with van der Waals surface area (Å²) >= 11 is 0. The Bertz CT molecular complexity index is 369.